The summed E-state index contributed by atoms with van der Waals surface area (Å²) in [6.45, 7) is 7.31. The first-order chi connectivity index (χ1) is 50.0. The minimum Gasteiger partial charge on any atom is -0.462 e. The van der Waals surface area contributed by atoms with E-state index in [9.17, 15) is 43.2 Å². The van der Waals surface area contributed by atoms with Gasteiger partial charge in [0.1, 0.15) is 19.3 Å². The van der Waals surface area contributed by atoms with Gasteiger partial charge in [-0.25, -0.2) is 9.13 Å². The summed E-state index contributed by atoms with van der Waals surface area (Å²) in [5.74, 6) is -1.35. The van der Waals surface area contributed by atoms with Gasteiger partial charge in [0, 0.05) is 25.7 Å². The maximum absolute atomic E-state index is 13.1. The van der Waals surface area contributed by atoms with Crippen LogP contribution in [0.5, 0.6) is 0 Å². The van der Waals surface area contributed by atoms with Crippen molar-refractivity contribution >= 4 is 39.5 Å². The van der Waals surface area contributed by atoms with Crippen molar-refractivity contribution < 1.29 is 80.2 Å². The molecule has 0 aromatic carbocycles. The smallest absolute Gasteiger partial charge is 0.462 e. The molecule has 2 unspecified atom stereocenters. The van der Waals surface area contributed by atoms with Gasteiger partial charge < -0.3 is 33.8 Å². The highest BCUT2D eigenvalue weighted by Gasteiger charge is 2.30. The van der Waals surface area contributed by atoms with Crippen LogP contribution in [0.1, 0.15) is 452 Å². The summed E-state index contributed by atoms with van der Waals surface area (Å²) >= 11 is 0. The average molecular weight is 1510 g/mol. The lowest BCUT2D eigenvalue weighted by molar-refractivity contribution is -0.161. The van der Waals surface area contributed by atoms with Crippen molar-refractivity contribution in [3.05, 3.63) is 0 Å². The zero-order valence-electron chi connectivity index (χ0n) is 67.5. The second kappa shape index (κ2) is 76.8. The number of aliphatic hydroxyl groups excluding tert-OH is 1. The fourth-order valence-corrected chi connectivity index (χ4v) is 14.7. The molecule has 0 aliphatic rings. The van der Waals surface area contributed by atoms with Crippen molar-refractivity contribution in [3.63, 3.8) is 0 Å². The van der Waals surface area contributed by atoms with Crippen LogP contribution >= 0.6 is 15.6 Å². The second-order valence-corrected chi connectivity index (χ2v) is 33.6. The Balaban J connectivity index is 5.19. The van der Waals surface area contributed by atoms with Crippen LogP contribution in [0.25, 0.3) is 0 Å². The maximum atomic E-state index is 13.1. The molecule has 0 radical (unpaired) electrons. The number of aliphatic hydroxyl groups is 1. The second-order valence-electron chi connectivity index (χ2n) is 30.7. The predicted octanol–water partition coefficient (Wildman–Crippen LogP) is 25.6. The third-order valence-electron chi connectivity index (χ3n) is 19.8. The monoisotopic (exact) mass is 1510 g/mol. The van der Waals surface area contributed by atoms with Gasteiger partial charge in [0.2, 0.25) is 0 Å². The fraction of sp³-hybridized carbons (Fsp3) is 0.952. The molecule has 0 aromatic rings. The van der Waals surface area contributed by atoms with Crippen LogP contribution in [0.15, 0.2) is 0 Å². The molecule has 3 N–H and O–H groups in total. The van der Waals surface area contributed by atoms with Crippen LogP contribution < -0.4 is 0 Å². The minimum atomic E-state index is -4.96. The van der Waals surface area contributed by atoms with Gasteiger partial charge in [0.25, 0.3) is 0 Å². The van der Waals surface area contributed by atoms with Gasteiger partial charge >= 0.3 is 39.5 Å². The van der Waals surface area contributed by atoms with Gasteiger partial charge in [-0.1, -0.05) is 401 Å². The van der Waals surface area contributed by atoms with Crippen LogP contribution in [-0.4, -0.2) is 96.7 Å². The zero-order chi connectivity index (χ0) is 75.5. The third kappa shape index (κ3) is 78.0. The number of carbonyl (C=O) groups excluding carboxylic acids is 4. The maximum Gasteiger partial charge on any atom is 0.472 e. The average Bonchev–Trinajstić information content (AvgIpc) is 0.917. The molecule has 0 amide bonds. The molecule has 5 atom stereocenters. The molecule has 0 rings (SSSR count). The normalized spacial score (nSPS) is 13.8. The molecule has 612 valence electrons. The van der Waals surface area contributed by atoms with E-state index in [0.717, 1.165) is 95.8 Å². The number of esters is 4. The van der Waals surface area contributed by atoms with Crippen molar-refractivity contribution in [2.75, 3.05) is 39.6 Å². The number of phosphoric acid groups is 2. The Morgan fingerprint density at radius 3 is 0.660 bits per heavy atom. The van der Waals surface area contributed by atoms with Crippen molar-refractivity contribution in [2.45, 2.75) is 470 Å². The molecule has 0 aliphatic carbocycles. The molecular weight excluding hydrogens is 1340 g/mol. The molecule has 103 heavy (non-hydrogen) atoms. The summed E-state index contributed by atoms with van der Waals surface area (Å²) in [7, 11) is -9.92. The molecule has 0 spiro atoms. The lowest BCUT2D eigenvalue weighted by atomic mass is 10.0. The van der Waals surface area contributed by atoms with Gasteiger partial charge in [0.05, 0.1) is 26.4 Å². The van der Waals surface area contributed by atoms with Gasteiger partial charge in [-0.05, 0) is 31.6 Å². The van der Waals surface area contributed by atoms with Gasteiger partial charge in [-0.15, -0.1) is 0 Å². The Kier molecular flexibility index (Phi) is 75.4. The van der Waals surface area contributed by atoms with E-state index in [4.69, 9.17) is 37.0 Å². The summed E-state index contributed by atoms with van der Waals surface area (Å²) in [6.07, 6.45) is 69.6. The van der Waals surface area contributed by atoms with Crippen LogP contribution in [-0.2, 0) is 65.4 Å². The van der Waals surface area contributed by atoms with Crippen LogP contribution in [0.3, 0.4) is 0 Å². The number of ether oxygens (including phenoxy) is 4. The van der Waals surface area contributed by atoms with E-state index >= 15 is 0 Å². The number of carbonyl (C=O) groups is 4. The van der Waals surface area contributed by atoms with E-state index in [1.807, 2.05) is 0 Å². The zero-order valence-corrected chi connectivity index (χ0v) is 69.3. The fourth-order valence-electron chi connectivity index (χ4n) is 13.1. The third-order valence-corrected chi connectivity index (χ3v) is 21.7. The van der Waals surface area contributed by atoms with Gasteiger partial charge in [-0.3, -0.25) is 37.3 Å². The SMILES string of the molecule is CCCCCCCCCCCCCCCCCCCCCCCC(=O)O[C@H](COC(=O)CCCCCCCCCCCCCCCCCCCCCC)COP(=O)(O)OC[C@@H](O)COP(=O)(O)OC[C@@H](COC(=O)CCCCCCCCCCC)OC(=O)CCCCCCCCCCCCC(C)C. The molecule has 0 aliphatic heterocycles. The minimum absolute atomic E-state index is 0.106. The molecule has 0 heterocycles. The first-order valence-electron chi connectivity index (χ1n) is 43.6. The van der Waals surface area contributed by atoms with Gasteiger partial charge in [0.15, 0.2) is 12.2 Å². The molecule has 0 saturated carbocycles. The largest absolute Gasteiger partial charge is 0.472 e. The summed E-state index contributed by atoms with van der Waals surface area (Å²) < 4.78 is 68.8. The summed E-state index contributed by atoms with van der Waals surface area (Å²) in [4.78, 5) is 73.0. The Morgan fingerprint density at radius 2 is 0.447 bits per heavy atom. The van der Waals surface area contributed by atoms with E-state index in [1.54, 1.807) is 0 Å². The number of hydrogen-bond acceptors (Lipinski definition) is 15. The van der Waals surface area contributed by atoms with Gasteiger partial charge in [-0.2, -0.15) is 0 Å². The highest BCUT2D eigenvalue weighted by molar-refractivity contribution is 7.47. The van der Waals surface area contributed by atoms with Crippen LogP contribution in [0.2, 0.25) is 0 Å². The van der Waals surface area contributed by atoms with Crippen molar-refractivity contribution in [1.82, 2.24) is 0 Å². The van der Waals surface area contributed by atoms with E-state index in [2.05, 4.69) is 34.6 Å². The lowest BCUT2D eigenvalue weighted by Gasteiger charge is -2.21. The molecule has 0 saturated heterocycles. The van der Waals surface area contributed by atoms with E-state index in [1.165, 1.54) is 276 Å². The molecule has 0 aromatic heterocycles. The lowest BCUT2D eigenvalue weighted by Crippen LogP contribution is -2.30. The van der Waals surface area contributed by atoms with Crippen molar-refractivity contribution in [1.29, 1.82) is 0 Å². The highest BCUT2D eigenvalue weighted by atomic mass is 31.2. The Labute approximate surface area is 632 Å². The number of phosphoric ester groups is 2. The molecular formula is C84H164O17P2. The topological polar surface area (TPSA) is 237 Å². The number of hydrogen-bond donors (Lipinski definition) is 3. The summed E-state index contributed by atoms with van der Waals surface area (Å²) in [5.41, 5.74) is 0. The predicted molar refractivity (Wildman–Crippen MR) is 423 cm³/mol. The Bertz CT molecular complexity index is 1960. The standard InChI is InChI=1S/C84H164O17P2/c1-6-9-12-15-18-21-23-25-27-29-31-33-35-37-39-41-43-49-54-59-64-69-83(88)100-80(74-95-82(87)68-63-58-53-48-42-40-38-36-34-32-30-28-26-24-22-19-16-13-10-7-2)76-99-103(92,93)97-72-78(85)71-96-102(90,91)98-75-79(73-94-81(86)67-62-57-52-46-20-17-14-11-8-3)101-84(89)70-65-60-55-50-45-44-47-51-56-61-66-77(4)5/h77-80,85H,6-76H2,1-5H3,(H,90,91)(H,92,93)/t78-,79+,80+/m0/s1. The first kappa shape index (κ1) is 101. The van der Waals surface area contributed by atoms with E-state index < -0.39 is 97.5 Å². The molecule has 19 heteroatoms. The van der Waals surface area contributed by atoms with Crippen molar-refractivity contribution in [2.24, 2.45) is 5.92 Å². The van der Waals surface area contributed by atoms with Crippen molar-refractivity contribution in [3.8, 4) is 0 Å². The Morgan fingerprint density at radius 1 is 0.262 bits per heavy atom. The van der Waals surface area contributed by atoms with E-state index in [0.29, 0.717) is 25.7 Å². The van der Waals surface area contributed by atoms with E-state index in [-0.39, 0.29) is 25.7 Å². The first-order valence-corrected chi connectivity index (χ1v) is 46.6. The molecule has 17 nitrogen and oxygen atoms in total. The molecule has 0 bridgehead atoms. The Hall–Kier alpha value is -1.94. The van der Waals surface area contributed by atoms with Crippen LogP contribution in [0.4, 0.5) is 0 Å². The molecule has 0 fully saturated rings. The highest BCUT2D eigenvalue weighted by Crippen LogP contribution is 2.45. The number of rotatable bonds is 84. The quantitative estimate of drug-likeness (QED) is 0.0222. The van der Waals surface area contributed by atoms with Crippen LogP contribution in [0, 0.1) is 5.92 Å². The summed E-state index contributed by atoms with van der Waals surface area (Å²) in [6, 6.07) is 0. The summed E-state index contributed by atoms with van der Waals surface area (Å²) in [5, 5.41) is 10.6. The number of unbranched alkanes of at least 4 members (excludes halogenated alkanes) is 56.